The van der Waals surface area contributed by atoms with Crippen molar-refractivity contribution in [3.63, 3.8) is 0 Å². The lowest BCUT2D eigenvalue weighted by Crippen LogP contribution is -2.58. The van der Waals surface area contributed by atoms with E-state index in [1.807, 2.05) is 6.07 Å². The fourth-order valence-corrected chi connectivity index (χ4v) is 6.25. The van der Waals surface area contributed by atoms with Crippen LogP contribution in [-0.2, 0) is 22.3 Å². The third kappa shape index (κ3) is 4.38. The van der Waals surface area contributed by atoms with Gasteiger partial charge in [-0.25, -0.2) is 4.39 Å². The summed E-state index contributed by atoms with van der Waals surface area (Å²) in [5, 5.41) is 9.34. The molecule has 0 aliphatic heterocycles. The number of alkyl halides is 3. The highest BCUT2D eigenvalue weighted by atomic mass is 19.4. The summed E-state index contributed by atoms with van der Waals surface area (Å²) in [5.74, 6) is -0.443. The van der Waals surface area contributed by atoms with Crippen LogP contribution in [0, 0.1) is 40.3 Å². The van der Waals surface area contributed by atoms with Crippen LogP contribution in [-0.4, -0.2) is 23.4 Å². The van der Waals surface area contributed by atoms with Gasteiger partial charge in [-0.05, 0) is 68.9 Å². The first-order valence-corrected chi connectivity index (χ1v) is 11.4. The van der Waals surface area contributed by atoms with Crippen molar-refractivity contribution < 1.29 is 27.1 Å². The molecule has 0 saturated heterocycles. The number of nitriles is 1. The number of amides is 1. The molecule has 0 radical (unpaired) electrons. The van der Waals surface area contributed by atoms with E-state index in [-0.39, 0.29) is 48.2 Å². The maximum Gasteiger partial charge on any atom is 0.416 e. The number of hydrogen-bond donors (Lipinski definition) is 2. The molecule has 4 saturated carbocycles. The summed E-state index contributed by atoms with van der Waals surface area (Å²) in [6.07, 6.45) is -0.764. The number of primary amides is 1. The van der Waals surface area contributed by atoms with Gasteiger partial charge in [0.05, 0.1) is 30.7 Å². The molecule has 4 aliphatic carbocycles. The quantitative estimate of drug-likeness (QED) is 0.348. The normalized spacial score (nSPS) is 32.3. The Morgan fingerprint density at radius 1 is 1.24 bits per heavy atom. The Morgan fingerprint density at radius 3 is 2.41 bits per heavy atom. The van der Waals surface area contributed by atoms with Crippen LogP contribution in [0.5, 0.6) is 0 Å². The number of amidine groups is 1. The molecule has 3 unspecified atom stereocenters. The first-order valence-electron chi connectivity index (χ1n) is 11.4. The Labute approximate surface area is 195 Å². The van der Waals surface area contributed by atoms with Crippen molar-refractivity contribution in [2.24, 2.45) is 39.6 Å². The molecule has 5 rings (SSSR count). The Bertz CT molecular complexity index is 1030. The molecule has 4 fully saturated rings. The fourth-order valence-electron chi connectivity index (χ4n) is 6.25. The van der Waals surface area contributed by atoms with Gasteiger partial charge in [-0.15, -0.1) is 0 Å². The molecule has 4 N–H and O–H groups in total. The second kappa shape index (κ2) is 8.52. The van der Waals surface area contributed by atoms with E-state index in [2.05, 4.69) is 0 Å². The highest BCUT2D eigenvalue weighted by Crippen LogP contribution is 2.60. The molecule has 0 aromatic heterocycles. The van der Waals surface area contributed by atoms with Crippen LogP contribution in [0.15, 0.2) is 23.2 Å². The van der Waals surface area contributed by atoms with Crippen molar-refractivity contribution in [2.75, 3.05) is 0 Å². The van der Waals surface area contributed by atoms with Crippen molar-refractivity contribution in [2.45, 2.75) is 69.9 Å². The zero-order valence-corrected chi connectivity index (χ0v) is 18.9. The number of nitrogens with two attached hydrogens (primary N) is 2. The number of rotatable bonds is 7. The minimum absolute atomic E-state index is 0.0806. The average Bonchev–Trinajstić information content (AvgIpc) is 2.74. The van der Waals surface area contributed by atoms with E-state index in [9.17, 15) is 27.6 Å². The molecular formula is C24H28F4N4O2. The second-order valence-corrected chi connectivity index (χ2v) is 10.3. The molecule has 10 heteroatoms. The number of aliphatic imine (C=N–C) groups is 1. The predicted octanol–water partition coefficient (Wildman–Crippen LogP) is 4.07. The van der Waals surface area contributed by atoms with Crippen LogP contribution in [0.25, 0.3) is 0 Å². The summed E-state index contributed by atoms with van der Waals surface area (Å²) in [7, 11) is 0. The van der Waals surface area contributed by atoms with Gasteiger partial charge in [0.15, 0.2) is 0 Å². The number of benzene rings is 1. The van der Waals surface area contributed by atoms with Crippen LogP contribution < -0.4 is 11.5 Å². The molecule has 6 nitrogen and oxygen atoms in total. The molecule has 0 heterocycles. The highest BCUT2D eigenvalue weighted by Gasteiger charge is 2.58. The fraction of sp³-hybridized carbons (Fsp3) is 0.625. The number of carbonyl (C=O) groups excluding carboxylic acids is 1. The first-order chi connectivity index (χ1) is 15.9. The van der Waals surface area contributed by atoms with E-state index in [4.69, 9.17) is 21.2 Å². The number of halogens is 4. The molecule has 0 spiro atoms. The van der Waals surface area contributed by atoms with Gasteiger partial charge < -0.3 is 16.2 Å². The molecule has 184 valence electrons. The summed E-state index contributed by atoms with van der Waals surface area (Å²) in [5.41, 5.74) is 9.08. The van der Waals surface area contributed by atoms with E-state index >= 15 is 0 Å². The summed E-state index contributed by atoms with van der Waals surface area (Å²) < 4.78 is 58.5. The zero-order valence-electron chi connectivity index (χ0n) is 18.9. The lowest BCUT2D eigenvalue weighted by atomic mass is 9.48. The van der Waals surface area contributed by atoms with E-state index in [0.717, 1.165) is 31.4 Å². The molecule has 4 aliphatic rings. The molecular weight excluding hydrogens is 452 g/mol. The van der Waals surface area contributed by atoms with Gasteiger partial charge >= 0.3 is 6.18 Å². The van der Waals surface area contributed by atoms with Crippen molar-refractivity contribution >= 4 is 11.7 Å². The van der Waals surface area contributed by atoms with Gasteiger partial charge in [0.1, 0.15) is 17.3 Å². The standard InChI is InChI=1S/C24H28F4N4O2/c1-22(4-5-29,34-12-14-2-3-17(8-18(14)25)24(26,27)28)20(30)32-19-15-6-13-7-16(19)11-23(9-13,10-15)21(31)33/h2-3,8,13,15-16,19H,4,6-7,9-12H2,1H3,(H2,30,32)(H2,31,33). The van der Waals surface area contributed by atoms with Crippen LogP contribution in [0.4, 0.5) is 17.6 Å². The van der Waals surface area contributed by atoms with Crippen molar-refractivity contribution in [3.8, 4) is 6.07 Å². The number of hydrogen-bond acceptors (Lipinski definition) is 4. The minimum atomic E-state index is -4.65. The van der Waals surface area contributed by atoms with E-state index in [1.54, 1.807) is 6.92 Å². The Morgan fingerprint density at radius 2 is 1.88 bits per heavy atom. The van der Waals surface area contributed by atoms with Gasteiger partial charge in [0.25, 0.3) is 0 Å². The van der Waals surface area contributed by atoms with Gasteiger partial charge in [0, 0.05) is 11.0 Å². The van der Waals surface area contributed by atoms with Gasteiger partial charge in [0.2, 0.25) is 5.91 Å². The SMILES string of the molecule is CC(CC#N)(OCc1ccc(C(F)(F)F)cc1F)C(N)=NC1C2CC3CC1CC(C(N)=O)(C3)C2. The van der Waals surface area contributed by atoms with Crippen LogP contribution >= 0.6 is 0 Å². The van der Waals surface area contributed by atoms with Crippen molar-refractivity contribution in [1.29, 1.82) is 5.26 Å². The van der Waals surface area contributed by atoms with Gasteiger partial charge in [-0.3, -0.25) is 9.79 Å². The minimum Gasteiger partial charge on any atom is -0.385 e. The molecule has 4 bridgehead atoms. The Balaban J connectivity index is 1.52. The number of nitrogens with zero attached hydrogens (tertiary/aromatic N) is 2. The largest absolute Gasteiger partial charge is 0.416 e. The van der Waals surface area contributed by atoms with E-state index in [1.165, 1.54) is 0 Å². The van der Waals surface area contributed by atoms with E-state index in [0.29, 0.717) is 24.8 Å². The Kier molecular flexibility index (Phi) is 6.13. The lowest BCUT2D eigenvalue weighted by molar-refractivity contribution is -0.144. The van der Waals surface area contributed by atoms with Crippen LogP contribution in [0.1, 0.15) is 56.6 Å². The molecule has 1 aromatic carbocycles. The van der Waals surface area contributed by atoms with Gasteiger partial charge in [-0.1, -0.05) is 6.07 Å². The van der Waals surface area contributed by atoms with Crippen LogP contribution in [0.2, 0.25) is 0 Å². The second-order valence-electron chi connectivity index (χ2n) is 10.3. The Hall–Kier alpha value is -2.67. The maximum absolute atomic E-state index is 14.3. The monoisotopic (exact) mass is 480 g/mol. The highest BCUT2D eigenvalue weighted by molar-refractivity contribution is 5.89. The topological polar surface area (TPSA) is 114 Å². The zero-order chi connectivity index (χ0) is 24.9. The maximum atomic E-state index is 14.3. The molecule has 34 heavy (non-hydrogen) atoms. The van der Waals surface area contributed by atoms with E-state index < -0.39 is 28.6 Å². The summed E-state index contributed by atoms with van der Waals surface area (Å²) in [6.45, 7) is 1.20. The third-order valence-electron chi connectivity index (χ3n) is 7.92. The van der Waals surface area contributed by atoms with Gasteiger partial charge in [-0.2, -0.15) is 18.4 Å². The summed E-state index contributed by atoms with van der Waals surface area (Å²) in [4.78, 5) is 16.9. The van der Waals surface area contributed by atoms with Crippen LogP contribution in [0.3, 0.4) is 0 Å². The molecule has 3 atom stereocenters. The smallest absolute Gasteiger partial charge is 0.385 e. The third-order valence-corrected chi connectivity index (χ3v) is 7.92. The number of carbonyl (C=O) groups is 1. The first kappa shape index (κ1) is 24.5. The van der Waals surface area contributed by atoms with Crippen molar-refractivity contribution in [1.82, 2.24) is 0 Å². The average molecular weight is 481 g/mol. The predicted molar refractivity (Wildman–Crippen MR) is 115 cm³/mol. The molecule has 1 amide bonds. The lowest BCUT2D eigenvalue weighted by Gasteiger charge is -2.57. The number of ether oxygens (including phenoxy) is 1. The molecule has 1 aromatic rings. The summed E-state index contributed by atoms with van der Waals surface area (Å²) >= 11 is 0. The van der Waals surface area contributed by atoms with Crippen molar-refractivity contribution in [3.05, 3.63) is 35.1 Å². The summed E-state index contributed by atoms with van der Waals surface area (Å²) in [6, 6.07) is 4.10.